The molecule has 1 heterocycles. The number of aliphatic hydroxyl groups is 1. The van der Waals surface area contributed by atoms with E-state index in [4.69, 9.17) is 10.4 Å². The van der Waals surface area contributed by atoms with Gasteiger partial charge in [0.2, 0.25) is 0 Å². The van der Waals surface area contributed by atoms with Gasteiger partial charge in [0.15, 0.2) is 0 Å². The highest BCUT2D eigenvalue weighted by molar-refractivity contribution is 5.31. The molecule has 4 nitrogen and oxygen atoms in total. The normalized spacial score (nSPS) is 10.2. The topological polar surface area (TPSA) is 61.8 Å². The summed E-state index contributed by atoms with van der Waals surface area (Å²) < 4.78 is 2.07. The van der Waals surface area contributed by atoms with Gasteiger partial charge < -0.3 is 9.67 Å². The SMILES string of the molecule is N#[14C]c1ccc(Cn2cncc2CCCO)cc1. The highest BCUT2D eigenvalue weighted by Crippen LogP contribution is 2.09. The molecule has 0 unspecified atom stereocenters. The fourth-order valence-corrected chi connectivity index (χ4v) is 1.84. The highest BCUT2D eigenvalue weighted by atomic mass is 16.2. The third-order valence-corrected chi connectivity index (χ3v) is 2.83. The summed E-state index contributed by atoms with van der Waals surface area (Å²) in [6.07, 6.45) is 5.20. The smallest absolute Gasteiger partial charge is 0.0991 e. The number of aromatic nitrogens is 2. The second-order valence-corrected chi connectivity index (χ2v) is 4.15. The molecule has 2 aromatic rings. The van der Waals surface area contributed by atoms with E-state index >= 15 is 0 Å². The zero-order valence-corrected chi connectivity index (χ0v) is 10.1. The van der Waals surface area contributed by atoms with Crippen molar-refractivity contribution in [3.8, 4) is 6.07 Å². The first-order valence-electron chi connectivity index (χ1n) is 5.92. The van der Waals surface area contributed by atoms with E-state index in [0.29, 0.717) is 5.56 Å². The summed E-state index contributed by atoms with van der Waals surface area (Å²) >= 11 is 0. The lowest BCUT2D eigenvalue weighted by molar-refractivity contribution is 0.287. The first-order valence-corrected chi connectivity index (χ1v) is 5.92. The van der Waals surface area contributed by atoms with E-state index in [0.717, 1.165) is 30.6 Å². The summed E-state index contributed by atoms with van der Waals surface area (Å²) in [5.74, 6) is 0. The van der Waals surface area contributed by atoms with Crippen molar-refractivity contribution in [2.45, 2.75) is 19.4 Å². The number of nitriles is 1. The van der Waals surface area contributed by atoms with Crippen molar-refractivity contribution in [1.82, 2.24) is 9.55 Å². The van der Waals surface area contributed by atoms with Gasteiger partial charge in [-0.05, 0) is 30.5 Å². The molecule has 92 valence electrons. The van der Waals surface area contributed by atoms with E-state index in [1.54, 1.807) is 6.33 Å². The van der Waals surface area contributed by atoms with Gasteiger partial charge in [0.25, 0.3) is 0 Å². The predicted molar refractivity (Wildman–Crippen MR) is 67.9 cm³/mol. The third-order valence-electron chi connectivity index (χ3n) is 2.83. The zero-order chi connectivity index (χ0) is 12.8. The highest BCUT2D eigenvalue weighted by Gasteiger charge is 2.02. The minimum absolute atomic E-state index is 0.196. The third kappa shape index (κ3) is 2.96. The van der Waals surface area contributed by atoms with Gasteiger partial charge in [-0.25, -0.2) is 4.98 Å². The summed E-state index contributed by atoms with van der Waals surface area (Å²) in [7, 11) is 0. The van der Waals surface area contributed by atoms with Gasteiger partial charge in [-0.15, -0.1) is 0 Å². The predicted octanol–water partition coefficient (Wildman–Crippen LogP) is 1.73. The Labute approximate surface area is 106 Å². The molecule has 18 heavy (non-hydrogen) atoms. The average Bonchev–Trinajstić information content (AvgIpc) is 2.84. The molecule has 0 bridgehead atoms. The Balaban J connectivity index is 2.08. The molecular weight excluding hydrogens is 228 g/mol. The summed E-state index contributed by atoms with van der Waals surface area (Å²) in [6.45, 7) is 0.939. The van der Waals surface area contributed by atoms with E-state index in [1.165, 1.54) is 0 Å². The summed E-state index contributed by atoms with van der Waals surface area (Å²) in [5.41, 5.74) is 2.93. The van der Waals surface area contributed by atoms with Crippen LogP contribution in [0, 0.1) is 11.3 Å². The van der Waals surface area contributed by atoms with Crippen LogP contribution in [-0.2, 0) is 13.0 Å². The van der Waals surface area contributed by atoms with Gasteiger partial charge in [-0.1, -0.05) is 12.1 Å². The van der Waals surface area contributed by atoms with Crippen LogP contribution in [0.25, 0.3) is 0 Å². The largest absolute Gasteiger partial charge is 0.396 e. The van der Waals surface area contributed by atoms with Gasteiger partial charge in [0, 0.05) is 25.0 Å². The molecule has 0 aliphatic rings. The van der Waals surface area contributed by atoms with Crippen molar-refractivity contribution in [3.63, 3.8) is 0 Å². The molecule has 0 aliphatic heterocycles. The van der Waals surface area contributed by atoms with Crippen molar-refractivity contribution < 1.29 is 5.11 Å². The van der Waals surface area contributed by atoms with Crippen molar-refractivity contribution in [2.24, 2.45) is 0 Å². The number of imidazole rings is 1. The fourth-order valence-electron chi connectivity index (χ4n) is 1.84. The second-order valence-electron chi connectivity index (χ2n) is 4.15. The Bertz CT molecular complexity index is 537. The molecule has 0 amide bonds. The van der Waals surface area contributed by atoms with Gasteiger partial charge >= 0.3 is 0 Å². The first kappa shape index (κ1) is 12.3. The van der Waals surface area contributed by atoms with Crippen LogP contribution in [0.5, 0.6) is 0 Å². The minimum Gasteiger partial charge on any atom is -0.396 e. The monoisotopic (exact) mass is 243 g/mol. The Morgan fingerprint density at radius 1 is 1.28 bits per heavy atom. The van der Waals surface area contributed by atoms with E-state index in [-0.39, 0.29) is 6.61 Å². The van der Waals surface area contributed by atoms with Crippen molar-refractivity contribution in [2.75, 3.05) is 6.61 Å². The Morgan fingerprint density at radius 3 is 2.72 bits per heavy atom. The van der Waals surface area contributed by atoms with Crippen LogP contribution in [0.1, 0.15) is 23.2 Å². The number of aryl methyl sites for hydroxylation is 1. The maximum absolute atomic E-state index is 8.84. The van der Waals surface area contributed by atoms with Crippen LogP contribution in [0.4, 0.5) is 0 Å². The van der Waals surface area contributed by atoms with Crippen molar-refractivity contribution in [1.29, 1.82) is 5.26 Å². The number of hydrogen-bond acceptors (Lipinski definition) is 3. The quantitative estimate of drug-likeness (QED) is 0.869. The lowest BCUT2D eigenvalue weighted by Crippen LogP contribution is -2.04. The molecular formula is C14H15N3O. The van der Waals surface area contributed by atoms with E-state index in [2.05, 4.69) is 15.6 Å². The first-order chi connectivity index (χ1) is 8.83. The van der Waals surface area contributed by atoms with Crippen LogP contribution < -0.4 is 0 Å². The maximum atomic E-state index is 8.84. The number of aliphatic hydroxyl groups excluding tert-OH is 1. The van der Waals surface area contributed by atoms with Crippen molar-refractivity contribution in [3.05, 3.63) is 53.6 Å². The molecule has 1 aromatic heterocycles. The lowest BCUT2D eigenvalue weighted by Gasteiger charge is -2.07. The zero-order valence-electron chi connectivity index (χ0n) is 10.1. The number of rotatable bonds is 5. The Morgan fingerprint density at radius 2 is 2.06 bits per heavy atom. The van der Waals surface area contributed by atoms with E-state index < -0.39 is 0 Å². The van der Waals surface area contributed by atoms with Crippen LogP contribution in [-0.4, -0.2) is 21.3 Å². The van der Waals surface area contributed by atoms with Crippen LogP contribution in [0.3, 0.4) is 0 Å². The van der Waals surface area contributed by atoms with Crippen LogP contribution >= 0.6 is 0 Å². The molecule has 0 saturated heterocycles. The minimum atomic E-state index is 0.196. The number of nitrogens with zero attached hydrogens (tertiary/aromatic N) is 3. The Hall–Kier alpha value is -2.12. The number of hydrogen-bond donors (Lipinski definition) is 1. The molecule has 0 aliphatic carbocycles. The van der Waals surface area contributed by atoms with E-state index in [1.807, 2.05) is 30.5 Å². The lowest BCUT2D eigenvalue weighted by atomic mass is 10.2. The summed E-state index contributed by atoms with van der Waals surface area (Å²) in [5, 5.41) is 17.6. The summed E-state index contributed by atoms with van der Waals surface area (Å²) in [6, 6.07) is 9.65. The molecule has 0 fully saturated rings. The molecule has 4 heteroatoms. The number of benzene rings is 1. The molecule has 1 N–H and O–H groups in total. The van der Waals surface area contributed by atoms with Gasteiger partial charge in [-0.2, -0.15) is 5.26 Å². The second kappa shape index (κ2) is 5.99. The molecule has 2 rings (SSSR count). The molecule has 1 aromatic carbocycles. The molecule has 0 radical (unpaired) electrons. The van der Waals surface area contributed by atoms with E-state index in [9.17, 15) is 0 Å². The maximum Gasteiger partial charge on any atom is 0.0991 e. The Kier molecular flexibility index (Phi) is 4.11. The van der Waals surface area contributed by atoms with Gasteiger partial charge in [-0.3, -0.25) is 0 Å². The average molecular weight is 243 g/mol. The summed E-state index contributed by atoms with van der Waals surface area (Å²) in [4.78, 5) is 4.13. The van der Waals surface area contributed by atoms with Gasteiger partial charge in [0.05, 0.1) is 18.0 Å². The van der Waals surface area contributed by atoms with Crippen molar-refractivity contribution >= 4 is 0 Å². The molecule has 0 saturated carbocycles. The molecule has 0 atom stereocenters. The van der Waals surface area contributed by atoms with Gasteiger partial charge in [0.1, 0.15) is 0 Å². The fraction of sp³-hybridized carbons (Fsp3) is 0.286. The molecule has 0 spiro atoms. The van der Waals surface area contributed by atoms with Crippen LogP contribution in [0.15, 0.2) is 36.8 Å². The van der Waals surface area contributed by atoms with Crippen LogP contribution in [0.2, 0.25) is 0 Å². The standard InChI is InChI=1S/C14H15N3O/c15-8-12-3-5-13(6-4-12)10-17-11-16-9-14(17)2-1-7-18/h3-6,9,11,18H,1-2,7,10H2/i8+2.